The highest BCUT2D eigenvalue weighted by Gasteiger charge is 2.22. The van der Waals surface area contributed by atoms with Gasteiger partial charge < -0.3 is 10.2 Å². The molecular weight excluding hydrogens is 408 g/mol. The Labute approximate surface area is 178 Å². The summed E-state index contributed by atoms with van der Waals surface area (Å²) in [7, 11) is 0. The first-order valence-electron chi connectivity index (χ1n) is 8.96. The van der Waals surface area contributed by atoms with Crippen molar-refractivity contribution in [2.75, 3.05) is 5.75 Å². The van der Waals surface area contributed by atoms with Crippen molar-refractivity contribution in [1.29, 1.82) is 0 Å². The zero-order chi connectivity index (χ0) is 20.8. The molecule has 148 valence electrons. The number of Topliss-reactive ketones (excluding diaryl/α,β-unsaturated/α-hetero) is 1. The van der Waals surface area contributed by atoms with Crippen LogP contribution in [0.15, 0.2) is 77.7 Å². The molecule has 0 heterocycles. The van der Waals surface area contributed by atoms with Gasteiger partial charge in [-0.15, -0.1) is 11.8 Å². The summed E-state index contributed by atoms with van der Waals surface area (Å²) in [6.07, 6.45) is -0.0687. The van der Waals surface area contributed by atoms with Gasteiger partial charge in [0.05, 0.1) is 5.92 Å². The van der Waals surface area contributed by atoms with E-state index in [1.807, 2.05) is 24.3 Å². The van der Waals surface area contributed by atoms with Gasteiger partial charge in [0, 0.05) is 27.7 Å². The highest BCUT2D eigenvalue weighted by Crippen LogP contribution is 2.26. The Kier molecular flexibility index (Phi) is 6.96. The van der Waals surface area contributed by atoms with Gasteiger partial charge in [0.1, 0.15) is 5.75 Å². The number of carboxylic acids is 1. The molecule has 0 fully saturated rings. The molecule has 1 unspecified atom stereocenters. The van der Waals surface area contributed by atoms with Gasteiger partial charge in [-0.25, -0.2) is 0 Å². The molecule has 0 aliphatic carbocycles. The molecule has 3 aromatic carbocycles. The number of benzene rings is 3. The van der Waals surface area contributed by atoms with Crippen LogP contribution in [0.5, 0.6) is 5.75 Å². The fraction of sp³-hybridized carbons (Fsp3) is 0.130. The molecule has 0 spiro atoms. The van der Waals surface area contributed by atoms with E-state index in [2.05, 4.69) is 0 Å². The molecule has 0 bridgehead atoms. The van der Waals surface area contributed by atoms with E-state index in [9.17, 15) is 19.8 Å². The normalized spacial score (nSPS) is 11.8. The maximum absolute atomic E-state index is 12.6. The van der Waals surface area contributed by atoms with Gasteiger partial charge >= 0.3 is 5.97 Å². The van der Waals surface area contributed by atoms with E-state index in [4.69, 9.17) is 11.6 Å². The maximum Gasteiger partial charge on any atom is 0.307 e. The fourth-order valence-electron chi connectivity index (χ4n) is 2.79. The lowest BCUT2D eigenvalue weighted by Crippen LogP contribution is -2.20. The summed E-state index contributed by atoms with van der Waals surface area (Å²) in [5.74, 6) is -1.57. The minimum Gasteiger partial charge on any atom is -0.508 e. The molecule has 0 radical (unpaired) electrons. The number of phenols is 1. The van der Waals surface area contributed by atoms with Crippen LogP contribution < -0.4 is 0 Å². The predicted octanol–water partition coefficient (Wildman–Crippen LogP) is 5.78. The average Bonchev–Trinajstić information content (AvgIpc) is 2.72. The summed E-state index contributed by atoms with van der Waals surface area (Å²) in [6.45, 7) is 0. The van der Waals surface area contributed by atoms with Crippen molar-refractivity contribution in [2.24, 2.45) is 5.92 Å². The molecule has 3 aromatic rings. The smallest absolute Gasteiger partial charge is 0.307 e. The predicted molar refractivity (Wildman–Crippen MR) is 116 cm³/mol. The first-order chi connectivity index (χ1) is 13.9. The topological polar surface area (TPSA) is 74.6 Å². The molecule has 0 aromatic heterocycles. The van der Waals surface area contributed by atoms with Gasteiger partial charge in [-0.05, 0) is 47.5 Å². The van der Waals surface area contributed by atoms with Crippen molar-refractivity contribution in [3.05, 3.63) is 83.4 Å². The quantitative estimate of drug-likeness (QED) is 0.353. The summed E-state index contributed by atoms with van der Waals surface area (Å²) in [5, 5.41) is 19.5. The van der Waals surface area contributed by atoms with Crippen LogP contribution in [-0.2, 0) is 4.79 Å². The van der Waals surface area contributed by atoms with Crippen LogP contribution in [0.2, 0.25) is 5.02 Å². The second kappa shape index (κ2) is 9.63. The Hall–Kier alpha value is -2.76. The van der Waals surface area contributed by atoms with Gasteiger partial charge in [-0.1, -0.05) is 48.0 Å². The van der Waals surface area contributed by atoms with Crippen molar-refractivity contribution in [3.63, 3.8) is 0 Å². The second-order valence-electron chi connectivity index (χ2n) is 6.55. The third-order valence-electron chi connectivity index (χ3n) is 4.45. The third kappa shape index (κ3) is 5.86. The van der Waals surface area contributed by atoms with E-state index < -0.39 is 11.9 Å². The van der Waals surface area contributed by atoms with E-state index in [0.717, 1.165) is 16.0 Å². The monoisotopic (exact) mass is 426 g/mol. The Balaban J connectivity index is 1.63. The molecule has 2 N–H and O–H groups in total. The molecule has 0 aliphatic rings. The second-order valence-corrected chi connectivity index (χ2v) is 8.08. The number of phenolic OH excluding ortho intramolecular Hbond substituents is 1. The summed E-state index contributed by atoms with van der Waals surface area (Å²) in [6, 6.07) is 21.1. The number of rotatable bonds is 8. The molecule has 1 atom stereocenters. The number of aliphatic carboxylic acids is 1. The number of halogens is 1. The Morgan fingerprint density at radius 2 is 1.41 bits per heavy atom. The van der Waals surface area contributed by atoms with Crippen LogP contribution >= 0.6 is 23.4 Å². The third-order valence-corrected chi connectivity index (χ3v) is 5.88. The van der Waals surface area contributed by atoms with E-state index in [1.54, 1.807) is 48.5 Å². The average molecular weight is 427 g/mol. The minimum absolute atomic E-state index is 0.0687. The summed E-state index contributed by atoms with van der Waals surface area (Å²) in [5.41, 5.74) is 2.43. The molecule has 0 saturated heterocycles. The Bertz CT molecular complexity index is 983. The summed E-state index contributed by atoms with van der Waals surface area (Å²) in [4.78, 5) is 25.0. The molecule has 4 nitrogen and oxygen atoms in total. The fourth-order valence-corrected chi connectivity index (χ4v) is 3.90. The highest BCUT2D eigenvalue weighted by atomic mass is 35.5. The molecule has 3 rings (SSSR count). The molecule has 6 heteroatoms. The van der Waals surface area contributed by atoms with Crippen molar-refractivity contribution in [2.45, 2.75) is 11.3 Å². The molecule has 0 aliphatic heterocycles. The lowest BCUT2D eigenvalue weighted by Gasteiger charge is -2.12. The molecule has 29 heavy (non-hydrogen) atoms. The van der Waals surface area contributed by atoms with E-state index in [0.29, 0.717) is 10.6 Å². The number of carboxylic acid groups (broad SMARTS) is 1. The lowest BCUT2D eigenvalue weighted by molar-refractivity contribution is -0.140. The van der Waals surface area contributed by atoms with Crippen molar-refractivity contribution in [1.82, 2.24) is 0 Å². The van der Waals surface area contributed by atoms with E-state index in [1.165, 1.54) is 11.8 Å². The van der Waals surface area contributed by atoms with Gasteiger partial charge in [-0.2, -0.15) is 0 Å². The van der Waals surface area contributed by atoms with Crippen LogP contribution in [-0.4, -0.2) is 27.7 Å². The van der Waals surface area contributed by atoms with Gasteiger partial charge in [0.15, 0.2) is 5.78 Å². The SMILES string of the molecule is O=C(CC(CSc1ccc(O)cc1)C(=O)O)c1ccc(-c2ccc(Cl)cc2)cc1. The largest absolute Gasteiger partial charge is 0.508 e. The zero-order valence-corrected chi connectivity index (χ0v) is 17.0. The number of carbonyl (C=O) groups excluding carboxylic acids is 1. The van der Waals surface area contributed by atoms with E-state index in [-0.39, 0.29) is 23.7 Å². The number of aromatic hydroxyl groups is 1. The maximum atomic E-state index is 12.6. The number of hydrogen-bond acceptors (Lipinski definition) is 4. The minimum atomic E-state index is -0.998. The molecule has 0 amide bonds. The Morgan fingerprint density at radius 1 is 0.862 bits per heavy atom. The van der Waals surface area contributed by atoms with Crippen molar-refractivity contribution >= 4 is 35.1 Å². The Morgan fingerprint density at radius 3 is 1.97 bits per heavy atom. The van der Waals surface area contributed by atoms with Crippen LogP contribution in [0.4, 0.5) is 0 Å². The van der Waals surface area contributed by atoms with E-state index >= 15 is 0 Å². The number of ketones is 1. The van der Waals surface area contributed by atoms with Crippen molar-refractivity contribution in [3.8, 4) is 16.9 Å². The number of hydrogen-bond donors (Lipinski definition) is 2. The van der Waals surface area contributed by atoms with Gasteiger partial charge in [-0.3, -0.25) is 9.59 Å². The highest BCUT2D eigenvalue weighted by molar-refractivity contribution is 7.99. The van der Waals surface area contributed by atoms with Crippen LogP contribution in [0.3, 0.4) is 0 Å². The van der Waals surface area contributed by atoms with Crippen LogP contribution in [0.1, 0.15) is 16.8 Å². The first kappa shape index (κ1) is 21.0. The van der Waals surface area contributed by atoms with Crippen molar-refractivity contribution < 1.29 is 19.8 Å². The number of carbonyl (C=O) groups is 2. The summed E-state index contributed by atoms with van der Waals surface area (Å²) >= 11 is 7.25. The van der Waals surface area contributed by atoms with Crippen LogP contribution in [0.25, 0.3) is 11.1 Å². The first-order valence-corrected chi connectivity index (χ1v) is 10.3. The summed E-state index contributed by atoms with van der Waals surface area (Å²) < 4.78 is 0. The lowest BCUT2D eigenvalue weighted by atomic mass is 9.97. The van der Waals surface area contributed by atoms with Crippen LogP contribution in [0, 0.1) is 5.92 Å². The van der Waals surface area contributed by atoms with Gasteiger partial charge in [0.2, 0.25) is 0 Å². The van der Waals surface area contributed by atoms with Gasteiger partial charge in [0.25, 0.3) is 0 Å². The molecule has 0 saturated carbocycles. The molecular formula is C23H19ClO4S. The zero-order valence-electron chi connectivity index (χ0n) is 15.4. The number of thioether (sulfide) groups is 1. The standard InChI is InChI=1S/C23H19ClO4S/c24-19-7-5-16(6-8-19)15-1-3-17(4-2-15)22(26)13-18(23(27)28)14-29-21-11-9-20(25)10-12-21/h1-12,18,25H,13-14H2,(H,27,28).